The zero-order chi connectivity index (χ0) is 17.3. The summed E-state index contributed by atoms with van der Waals surface area (Å²) in [6.45, 7) is 3.29. The number of carbonyl (C=O) groups is 1. The van der Waals surface area contributed by atoms with Crippen LogP contribution in [0, 0.1) is 17.1 Å². The molecule has 0 amide bonds. The minimum atomic E-state index is -0.586. The fourth-order valence-corrected chi connectivity index (χ4v) is 2.87. The van der Waals surface area contributed by atoms with Gasteiger partial charge in [0.05, 0.1) is 5.56 Å². The first-order valence-corrected chi connectivity index (χ1v) is 7.50. The average molecular weight is 318 g/mol. The molecular weight excluding hydrogens is 303 g/mol. The SMILES string of the molecule is CC(=O)C(=C(C)c1ccc(C#N)c(F)c1)c1ccc2cc[nH]c2c1. The largest absolute Gasteiger partial charge is 0.361 e. The van der Waals surface area contributed by atoms with Crippen molar-refractivity contribution in [2.24, 2.45) is 0 Å². The number of fused-ring (bicyclic) bond motifs is 1. The van der Waals surface area contributed by atoms with E-state index in [0.29, 0.717) is 16.7 Å². The molecule has 0 atom stereocenters. The van der Waals surface area contributed by atoms with Crippen molar-refractivity contribution in [2.75, 3.05) is 0 Å². The van der Waals surface area contributed by atoms with Crippen LogP contribution in [0.2, 0.25) is 0 Å². The third-order valence-electron chi connectivity index (χ3n) is 4.09. The highest BCUT2D eigenvalue weighted by Crippen LogP contribution is 2.29. The quantitative estimate of drug-likeness (QED) is 0.562. The van der Waals surface area contributed by atoms with Gasteiger partial charge in [-0.25, -0.2) is 4.39 Å². The van der Waals surface area contributed by atoms with Gasteiger partial charge in [-0.3, -0.25) is 4.79 Å². The van der Waals surface area contributed by atoms with E-state index in [1.165, 1.54) is 19.1 Å². The van der Waals surface area contributed by atoms with Crippen LogP contribution in [0.1, 0.15) is 30.5 Å². The Morgan fingerprint density at radius 3 is 2.50 bits per heavy atom. The number of carbonyl (C=O) groups excluding carboxylic acids is 1. The van der Waals surface area contributed by atoms with E-state index in [1.54, 1.807) is 19.1 Å². The highest BCUT2D eigenvalue weighted by Gasteiger charge is 2.14. The van der Waals surface area contributed by atoms with Crippen LogP contribution in [0.15, 0.2) is 48.7 Å². The standard InChI is InChI=1S/C20H15FN2O/c1-12(15-4-6-17(11-22)18(21)9-15)20(13(2)24)16-5-3-14-7-8-23-19(14)10-16/h3-10,23H,1-2H3. The summed E-state index contributed by atoms with van der Waals surface area (Å²) in [5.74, 6) is -0.680. The summed E-state index contributed by atoms with van der Waals surface area (Å²) in [6, 6.07) is 13.9. The predicted molar refractivity (Wildman–Crippen MR) is 92.6 cm³/mol. The van der Waals surface area contributed by atoms with Crippen LogP contribution in [-0.4, -0.2) is 10.8 Å². The Bertz CT molecular complexity index is 1020. The molecule has 0 bridgehead atoms. The predicted octanol–water partition coefficient (Wildman–Crippen LogP) is 4.70. The number of Topliss-reactive ketones (excluding diaryl/α,β-unsaturated/α-hetero) is 1. The van der Waals surface area contributed by atoms with Crippen molar-refractivity contribution >= 4 is 27.8 Å². The van der Waals surface area contributed by atoms with Crippen molar-refractivity contribution in [2.45, 2.75) is 13.8 Å². The van der Waals surface area contributed by atoms with Crippen LogP contribution in [-0.2, 0) is 4.79 Å². The first-order valence-electron chi connectivity index (χ1n) is 7.50. The smallest absolute Gasteiger partial charge is 0.160 e. The lowest BCUT2D eigenvalue weighted by molar-refractivity contribution is -0.111. The van der Waals surface area contributed by atoms with E-state index < -0.39 is 5.82 Å². The summed E-state index contributed by atoms with van der Waals surface area (Å²) >= 11 is 0. The molecule has 0 aliphatic heterocycles. The van der Waals surface area contributed by atoms with Crippen molar-refractivity contribution in [1.29, 1.82) is 5.26 Å². The number of aromatic amines is 1. The van der Waals surface area contributed by atoms with Gasteiger partial charge in [0.1, 0.15) is 11.9 Å². The molecule has 2 aromatic carbocycles. The Morgan fingerprint density at radius 2 is 1.83 bits per heavy atom. The molecule has 3 nitrogen and oxygen atoms in total. The number of nitriles is 1. The second-order valence-corrected chi connectivity index (χ2v) is 5.64. The highest BCUT2D eigenvalue weighted by atomic mass is 19.1. The molecule has 0 aliphatic carbocycles. The Balaban J connectivity index is 2.18. The minimum absolute atomic E-state index is 0.0104. The van der Waals surface area contributed by atoms with E-state index in [9.17, 15) is 9.18 Å². The molecule has 1 heterocycles. The lowest BCUT2D eigenvalue weighted by atomic mass is 9.92. The van der Waals surface area contributed by atoms with Crippen molar-refractivity contribution in [3.8, 4) is 6.07 Å². The van der Waals surface area contributed by atoms with Crippen molar-refractivity contribution < 1.29 is 9.18 Å². The number of hydrogen-bond acceptors (Lipinski definition) is 2. The van der Waals surface area contributed by atoms with E-state index >= 15 is 0 Å². The Kier molecular flexibility index (Phi) is 4.01. The average Bonchev–Trinajstić information content (AvgIpc) is 3.02. The second-order valence-electron chi connectivity index (χ2n) is 5.64. The molecule has 3 rings (SSSR count). The van der Waals surface area contributed by atoms with Crippen LogP contribution in [0.25, 0.3) is 22.0 Å². The third kappa shape index (κ3) is 2.72. The summed E-state index contributed by atoms with van der Waals surface area (Å²) in [4.78, 5) is 15.4. The van der Waals surface area contributed by atoms with E-state index in [4.69, 9.17) is 5.26 Å². The molecule has 1 aromatic heterocycles. The second kappa shape index (κ2) is 6.13. The number of ketones is 1. The number of allylic oxidation sites excluding steroid dienone is 2. The van der Waals surface area contributed by atoms with Gasteiger partial charge >= 0.3 is 0 Å². The van der Waals surface area contributed by atoms with Crippen LogP contribution >= 0.6 is 0 Å². The molecule has 0 aliphatic rings. The summed E-state index contributed by atoms with van der Waals surface area (Å²) in [5, 5.41) is 9.90. The molecule has 1 N–H and O–H groups in total. The van der Waals surface area contributed by atoms with Gasteiger partial charge in [-0.15, -0.1) is 0 Å². The molecule has 24 heavy (non-hydrogen) atoms. The van der Waals surface area contributed by atoms with Gasteiger partial charge in [0.25, 0.3) is 0 Å². The van der Waals surface area contributed by atoms with Gasteiger partial charge < -0.3 is 4.98 Å². The normalized spacial score (nSPS) is 11.9. The Labute approximate surface area is 139 Å². The maximum Gasteiger partial charge on any atom is 0.160 e. The first-order chi connectivity index (χ1) is 11.5. The number of rotatable bonds is 3. The van der Waals surface area contributed by atoms with Gasteiger partial charge in [0.2, 0.25) is 0 Å². The zero-order valence-electron chi connectivity index (χ0n) is 13.4. The summed E-state index contributed by atoms with van der Waals surface area (Å²) in [5.41, 5.74) is 3.50. The lowest BCUT2D eigenvalue weighted by Gasteiger charge is -2.11. The maximum absolute atomic E-state index is 13.9. The van der Waals surface area contributed by atoms with Gasteiger partial charge in [0, 0.05) is 17.3 Å². The minimum Gasteiger partial charge on any atom is -0.361 e. The van der Waals surface area contributed by atoms with Gasteiger partial charge in [0.15, 0.2) is 5.78 Å². The molecule has 0 unspecified atom stereocenters. The number of halogens is 1. The summed E-state index contributed by atoms with van der Waals surface area (Å²) < 4.78 is 13.9. The molecule has 0 fully saturated rings. The van der Waals surface area contributed by atoms with E-state index in [0.717, 1.165) is 16.5 Å². The molecule has 118 valence electrons. The highest BCUT2D eigenvalue weighted by molar-refractivity contribution is 6.27. The maximum atomic E-state index is 13.9. The molecular formula is C20H15FN2O. The third-order valence-corrected chi connectivity index (χ3v) is 4.09. The number of nitrogens with one attached hydrogen (secondary N) is 1. The van der Waals surface area contributed by atoms with E-state index in [2.05, 4.69) is 4.98 Å². The number of aromatic nitrogens is 1. The fourth-order valence-electron chi connectivity index (χ4n) is 2.87. The molecule has 0 saturated heterocycles. The number of benzene rings is 2. The zero-order valence-corrected chi connectivity index (χ0v) is 13.4. The van der Waals surface area contributed by atoms with Crippen molar-refractivity contribution in [1.82, 2.24) is 4.98 Å². The molecule has 4 heteroatoms. The Hall–Kier alpha value is -3.19. The van der Waals surface area contributed by atoms with Crippen LogP contribution in [0.3, 0.4) is 0 Å². The van der Waals surface area contributed by atoms with Gasteiger partial charge in [-0.1, -0.05) is 18.2 Å². The number of H-pyrrole nitrogens is 1. The van der Waals surface area contributed by atoms with Gasteiger partial charge in [-0.2, -0.15) is 5.26 Å². The molecule has 0 spiro atoms. The first kappa shape index (κ1) is 15.7. The number of hydrogen-bond donors (Lipinski definition) is 1. The fraction of sp³-hybridized carbons (Fsp3) is 0.100. The van der Waals surface area contributed by atoms with Gasteiger partial charge in [-0.05, 0) is 60.2 Å². The molecule has 0 radical (unpaired) electrons. The summed E-state index contributed by atoms with van der Waals surface area (Å²) in [6.07, 6.45) is 1.84. The van der Waals surface area contributed by atoms with E-state index in [1.807, 2.05) is 30.5 Å². The van der Waals surface area contributed by atoms with Crippen LogP contribution < -0.4 is 0 Å². The van der Waals surface area contributed by atoms with Crippen LogP contribution in [0.5, 0.6) is 0 Å². The molecule has 0 saturated carbocycles. The lowest BCUT2D eigenvalue weighted by Crippen LogP contribution is -2.00. The molecule has 3 aromatic rings. The van der Waals surface area contributed by atoms with E-state index in [-0.39, 0.29) is 11.3 Å². The van der Waals surface area contributed by atoms with Crippen molar-refractivity contribution in [3.63, 3.8) is 0 Å². The monoisotopic (exact) mass is 318 g/mol. The topological polar surface area (TPSA) is 56.6 Å². The van der Waals surface area contributed by atoms with Crippen LogP contribution in [0.4, 0.5) is 4.39 Å². The van der Waals surface area contributed by atoms with Crippen molar-refractivity contribution in [3.05, 3.63) is 71.2 Å². The Morgan fingerprint density at radius 1 is 1.08 bits per heavy atom. The summed E-state index contributed by atoms with van der Waals surface area (Å²) in [7, 11) is 0. The number of nitrogens with zero attached hydrogens (tertiary/aromatic N) is 1.